The van der Waals surface area contributed by atoms with Crippen LogP contribution in [0.25, 0.3) is 16.8 Å². The summed E-state index contributed by atoms with van der Waals surface area (Å²) in [6, 6.07) is 0. The molecule has 0 spiro atoms. The van der Waals surface area contributed by atoms with Crippen LogP contribution in [0.4, 0.5) is 11.5 Å². The molecular weight excluding hydrogens is 356 g/mol. The zero-order valence-corrected chi connectivity index (χ0v) is 15.6. The second kappa shape index (κ2) is 6.02. The predicted molar refractivity (Wildman–Crippen MR) is 97.4 cm³/mol. The van der Waals surface area contributed by atoms with Crippen molar-refractivity contribution in [1.82, 2.24) is 30.0 Å². The SMILES string of the molecule is C=C(C)c1n[nH]c(N=Nc2c(C(=C)C)nn3c(C)n[nH]c23)c1S(C)(=O)=O. The normalized spacial score (nSPS) is 12.3. The maximum atomic E-state index is 12.1. The highest BCUT2D eigenvalue weighted by Gasteiger charge is 2.24. The minimum Gasteiger partial charge on any atom is -0.258 e. The number of H-pyrrole nitrogens is 2. The van der Waals surface area contributed by atoms with Gasteiger partial charge in [-0.1, -0.05) is 13.2 Å². The largest absolute Gasteiger partial charge is 0.258 e. The van der Waals surface area contributed by atoms with Crippen LogP contribution in [0.5, 0.6) is 0 Å². The molecule has 0 atom stereocenters. The first-order valence-corrected chi connectivity index (χ1v) is 9.46. The lowest BCUT2D eigenvalue weighted by atomic mass is 10.2. The van der Waals surface area contributed by atoms with Gasteiger partial charge in [-0.05, 0) is 31.9 Å². The second-order valence-corrected chi connectivity index (χ2v) is 7.96. The molecule has 0 radical (unpaired) electrons. The number of sulfone groups is 1. The van der Waals surface area contributed by atoms with E-state index in [-0.39, 0.29) is 16.4 Å². The van der Waals surface area contributed by atoms with E-state index in [0.717, 1.165) is 6.26 Å². The molecule has 0 aliphatic heterocycles. The molecule has 0 saturated heterocycles. The molecule has 11 heteroatoms. The van der Waals surface area contributed by atoms with Crippen molar-refractivity contribution >= 4 is 38.1 Å². The van der Waals surface area contributed by atoms with Crippen LogP contribution in [-0.4, -0.2) is 44.7 Å². The standard InChI is InChI=1S/C15H18N8O2S/c1-7(2)10-12(15-21-16-9(5)23(15)22-10)18-20-14-13(26(6,24)25)11(8(3)4)17-19-14/h21H,1,3H2,2,4-6H3,(H,17,19). The summed E-state index contributed by atoms with van der Waals surface area (Å²) in [5.41, 5.74) is 2.90. The first-order valence-electron chi connectivity index (χ1n) is 7.57. The number of azo groups is 1. The number of hydrogen-bond acceptors (Lipinski definition) is 7. The Bertz CT molecular complexity index is 1180. The van der Waals surface area contributed by atoms with Gasteiger partial charge in [-0.3, -0.25) is 10.2 Å². The van der Waals surface area contributed by atoms with Gasteiger partial charge in [0, 0.05) is 6.26 Å². The molecule has 3 aromatic heterocycles. The molecule has 3 aromatic rings. The highest BCUT2D eigenvalue weighted by Crippen LogP contribution is 2.33. The van der Waals surface area contributed by atoms with Crippen molar-refractivity contribution < 1.29 is 8.42 Å². The van der Waals surface area contributed by atoms with Gasteiger partial charge in [0.05, 0.1) is 0 Å². The van der Waals surface area contributed by atoms with E-state index in [9.17, 15) is 8.42 Å². The third kappa shape index (κ3) is 2.86. The highest BCUT2D eigenvalue weighted by atomic mass is 32.2. The zero-order valence-electron chi connectivity index (χ0n) is 14.8. The number of nitrogens with zero attached hydrogens (tertiary/aromatic N) is 6. The molecule has 26 heavy (non-hydrogen) atoms. The maximum absolute atomic E-state index is 12.1. The molecule has 0 aliphatic carbocycles. The Balaban J connectivity index is 2.18. The third-order valence-corrected chi connectivity index (χ3v) is 4.75. The summed E-state index contributed by atoms with van der Waals surface area (Å²) in [4.78, 5) is -0.0465. The molecule has 0 bridgehead atoms. The molecule has 0 aromatic carbocycles. The molecule has 3 heterocycles. The number of aromatic amines is 2. The minimum absolute atomic E-state index is 0.0220. The van der Waals surface area contributed by atoms with Gasteiger partial charge in [-0.2, -0.15) is 19.8 Å². The Morgan fingerprint density at radius 2 is 1.73 bits per heavy atom. The van der Waals surface area contributed by atoms with Gasteiger partial charge in [-0.15, -0.1) is 10.2 Å². The molecular formula is C15H18N8O2S. The number of aryl methyl sites for hydroxylation is 1. The van der Waals surface area contributed by atoms with Crippen LogP contribution < -0.4 is 0 Å². The van der Waals surface area contributed by atoms with Crippen molar-refractivity contribution in [3.63, 3.8) is 0 Å². The summed E-state index contributed by atoms with van der Waals surface area (Å²) in [5.74, 6) is 0.667. The van der Waals surface area contributed by atoms with Gasteiger partial charge in [0.1, 0.15) is 22.1 Å². The summed E-state index contributed by atoms with van der Waals surface area (Å²) >= 11 is 0. The fourth-order valence-electron chi connectivity index (χ4n) is 2.44. The quantitative estimate of drug-likeness (QED) is 0.662. The topological polar surface area (TPSA) is 134 Å². The average Bonchev–Trinajstić information content (AvgIpc) is 3.19. The number of hydrogen-bond donors (Lipinski definition) is 2. The lowest BCUT2D eigenvalue weighted by molar-refractivity contribution is 0.602. The van der Waals surface area contributed by atoms with Crippen molar-refractivity contribution in [2.24, 2.45) is 10.2 Å². The van der Waals surface area contributed by atoms with Gasteiger partial charge in [0.25, 0.3) is 0 Å². The van der Waals surface area contributed by atoms with Crippen LogP contribution in [0.2, 0.25) is 0 Å². The predicted octanol–water partition coefficient (Wildman–Crippen LogP) is 2.97. The molecule has 0 amide bonds. The molecule has 0 aliphatic rings. The van der Waals surface area contributed by atoms with Gasteiger partial charge >= 0.3 is 0 Å². The van der Waals surface area contributed by atoms with E-state index in [2.05, 4.69) is 48.9 Å². The van der Waals surface area contributed by atoms with E-state index < -0.39 is 9.84 Å². The number of allylic oxidation sites excluding steroid dienone is 2. The van der Waals surface area contributed by atoms with Gasteiger partial charge < -0.3 is 0 Å². The lowest BCUT2D eigenvalue weighted by Gasteiger charge is -1.99. The van der Waals surface area contributed by atoms with Gasteiger partial charge in [-0.25, -0.2) is 8.42 Å². The molecule has 136 valence electrons. The van der Waals surface area contributed by atoms with Gasteiger partial charge in [0.2, 0.25) is 0 Å². The van der Waals surface area contributed by atoms with Crippen LogP contribution in [0.15, 0.2) is 28.3 Å². The smallest absolute Gasteiger partial charge is 0.189 e. The Morgan fingerprint density at radius 1 is 1.08 bits per heavy atom. The first kappa shape index (κ1) is 17.7. The Kier molecular flexibility index (Phi) is 4.11. The van der Waals surface area contributed by atoms with E-state index in [0.29, 0.717) is 34.0 Å². The van der Waals surface area contributed by atoms with Crippen LogP contribution >= 0.6 is 0 Å². The van der Waals surface area contributed by atoms with Crippen molar-refractivity contribution in [1.29, 1.82) is 0 Å². The molecule has 10 nitrogen and oxygen atoms in total. The van der Waals surface area contributed by atoms with E-state index in [1.165, 1.54) is 0 Å². The fourth-order valence-corrected chi connectivity index (χ4v) is 3.45. The number of fused-ring (bicyclic) bond motifs is 1. The van der Waals surface area contributed by atoms with E-state index in [1.54, 1.807) is 25.3 Å². The van der Waals surface area contributed by atoms with Crippen LogP contribution in [0.3, 0.4) is 0 Å². The van der Waals surface area contributed by atoms with Crippen LogP contribution in [0.1, 0.15) is 31.1 Å². The Morgan fingerprint density at radius 3 is 2.31 bits per heavy atom. The first-order chi connectivity index (χ1) is 12.1. The summed E-state index contributed by atoms with van der Waals surface area (Å²) < 4.78 is 25.9. The van der Waals surface area contributed by atoms with E-state index in [4.69, 9.17) is 0 Å². The molecule has 2 N–H and O–H groups in total. The van der Waals surface area contributed by atoms with E-state index in [1.807, 2.05) is 0 Å². The molecule has 0 unspecified atom stereocenters. The van der Waals surface area contributed by atoms with Crippen LogP contribution in [-0.2, 0) is 9.84 Å². The van der Waals surface area contributed by atoms with Crippen LogP contribution in [0, 0.1) is 6.92 Å². The Hall–Kier alpha value is -3.08. The lowest BCUT2D eigenvalue weighted by Crippen LogP contribution is -1.99. The van der Waals surface area contributed by atoms with E-state index >= 15 is 0 Å². The molecule has 3 rings (SSSR count). The highest BCUT2D eigenvalue weighted by molar-refractivity contribution is 7.91. The summed E-state index contributed by atoms with van der Waals surface area (Å²) in [6.45, 7) is 12.9. The van der Waals surface area contributed by atoms with Crippen molar-refractivity contribution in [2.75, 3.05) is 6.26 Å². The summed E-state index contributed by atoms with van der Waals surface area (Å²) in [6.07, 6.45) is 1.08. The monoisotopic (exact) mass is 374 g/mol. The maximum Gasteiger partial charge on any atom is 0.189 e. The second-order valence-electron chi connectivity index (χ2n) is 6.01. The Labute approximate surface area is 149 Å². The fraction of sp³-hybridized carbons (Fsp3) is 0.267. The molecule has 0 saturated carbocycles. The summed E-state index contributed by atoms with van der Waals surface area (Å²) in [5, 5.41) is 26.2. The third-order valence-electron chi connectivity index (χ3n) is 3.62. The number of rotatable bonds is 5. The van der Waals surface area contributed by atoms with Crippen molar-refractivity contribution in [2.45, 2.75) is 25.7 Å². The number of nitrogens with one attached hydrogen (secondary N) is 2. The number of aromatic nitrogens is 6. The van der Waals surface area contributed by atoms with Crippen molar-refractivity contribution in [3.05, 3.63) is 30.4 Å². The summed E-state index contributed by atoms with van der Waals surface area (Å²) in [7, 11) is -3.59. The average molecular weight is 374 g/mol. The van der Waals surface area contributed by atoms with Crippen molar-refractivity contribution in [3.8, 4) is 0 Å². The minimum atomic E-state index is -3.59. The molecule has 0 fully saturated rings. The van der Waals surface area contributed by atoms with Gasteiger partial charge in [0.15, 0.2) is 27.0 Å². The zero-order chi connectivity index (χ0) is 19.2.